The fraction of sp³-hybridized carbons (Fsp3) is 0.417. The Morgan fingerprint density at radius 1 is 1.19 bits per heavy atom. The summed E-state index contributed by atoms with van der Waals surface area (Å²) < 4.78 is 1.70. The second kappa shape index (κ2) is 3.70. The maximum absolute atomic E-state index is 3.93. The molecule has 0 spiro atoms. The molecule has 0 aliphatic carbocycles. The van der Waals surface area contributed by atoms with Gasteiger partial charge in [-0.05, 0) is 40.0 Å². The maximum Gasteiger partial charge on any atom is 0.143 e. The third kappa shape index (κ3) is 1.83. The van der Waals surface area contributed by atoms with Gasteiger partial charge in [0.25, 0.3) is 0 Å². The summed E-state index contributed by atoms with van der Waals surface area (Å²) in [5, 5.41) is 11.3. The van der Waals surface area contributed by atoms with E-state index in [1.54, 1.807) is 11.0 Å². The summed E-state index contributed by atoms with van der Waals surface area (Å²) in [6.07, 6.45) is 1.62. The minimum Gasteiger partial charge on any atom is -0.200 e. The molecule has 0 fully saturated rings. The molecule has 4 nitrogen and oxygen atoms in total. The Morgan fingerprint density at radius 2 is 1.94 bits per heavy atom. The summed E-state index contributed by atoms with van der Waals surface area (Å²) >= 11 is 0. The van der Waals surface area contributed by atoms with E-state index in [4.69, 9.17) is 0 Å². The van der Waals surface area contributed by atoms with Gasteiger partial charge in [0.05, 0.1) is 5.69 Å². The van der Waals surface area contributed by atoms with Crippen molar-refractivity contribution in [3.63, 3.8) is 0 Å². The second-order valence-corrected chi connectivity index (χ2v) is 4.95. The van der Waals surface area contributed by atoms with Crippen LogP contribution in [0.2, 0.25) is 0 Å². The molecule has 2 rings (SSSR count). The van der Waals surface area contributed by atoms with E-state index in [-0.39, 0.29) is 5.41 Å². The summed E-state index contributed by atoms with van der Waals surface area (Å²) in [6.45, 7) is 8.73. The van der Waals surface area contributed by atoms with E-state index in [0.717, 1.165) is 5.69 Å². The van der Waals surface area contributed by atoms with Crippen LogP contribution in [0.15, 0.2) is 24.5 Å². The first-order valence-electron chi connectivity index (χ1n) is 5.33. The largest absolute Gasteiger partial charge is 0.200 e. The van der Waals surface area contributed by atoms with Crippen molar-refractivity contribution >= 4 is 0 Å². The van der Waals surface area contributed by atoms with Crippen molar-refractivity contribution in [2.45, 2.75) is 33.1 Å². The highest BCUT2D eigenvalue weighted by molar-refractivity contribution is 5.46. The van der Waals surface area contributed by atoms with Gasteiger partial charge >= 0.3 is 0 Å². The Hall–Kier alpha value is -1.71. The first kappa shape index (κ1) is 10.8. The Balaban J connectivity index is 2.58. The van der Waals surface area contributed by atoms with Crippen LogP contribution >= 0.6 is 0 Å². The van der Waals surface area contributed by atoms with Crippen molar-refractivity contribution < 1.29 is 0 Å². The van der Waals surface area contributed by atoms with E-state index in [1.165, 1.54) is 11.1 Å². The van der Waals surface area contributed by atoms with Crippen LogP contribution in [0, 0.1) is 6.92 Å². The summed E-state index contributed by atoms with van der Waals surface area (Å²) in [5.41, 5.74) is 3.72. The molecule has 16 heavy (non-hydrogen) atoms. The van der Waals surface area contributed by atoms with Crippen LogP contribution < -0.4 is 0 Å². The zero-order valence-electron chi connectivity index (χ0n) is 10.1. The maximum atomic E-state index is 3.93. The van der Waals surface area contributed by atoms with Crippen LogP contribution in [-0.4, -0.2) is 20.2 Å². The van der Waals surface area contributed by atoms with Crippen molar-refractivity contribution in [1.29, 1.82) is 0 Å². The van der Waals surface area contributed by atoms with Gasteiger partial charge in [0.15, 0.2) is 0 Å². The number of hydrogen-bond acceptors (Lipinski definition) is 3. The minimum absolute atomic E-state index is 0.133. The molecule has 0 saturated heterocycles. The molecule has 0 saturated carbocycles. The lowest BCUT2D eigenvalue weighted by Crippen LogP contribution is -2.14. The summed E-state index contributed by atoms with van der Waals surface area (Å²) in [5.74, 6) is 0. The predicted octanol–water partition coefficient (Wildman–Crippen LogP) is 2.27. The quantitative estimate of drug-likeness (QED) is 0.734. The summed E-state index contributed by atoms with van der Waals surface area (Å²) in [4.78, 5) is 0. The van der Waals surface area contributed by atoms with Crippen LogP contribution in [0.4, 0.5) is 0 Å². The lowest BCUT2D eigenvalue weighted by Gasteiger charge is -2.22. The van der Waals surface area contributed by atoms with Gasteiger partial charge in [-0.15, -0.1) is 5.10 Å². The molecular weight excluding hydrogens is 200 g/mol. The monoisotopic (exact) mass is 216 g/mol. The molecule has 0 aliphatic heterocycles. The van der Waals surface area contributed by atoms with Crippen molar-refractivity contribution in [3.05, 3.63) is 35.7 Å². The standard InChI is InChI=1S/C12H16N4/c1-9-10(12(2,3)4)6-5-7-11(9)16-8-13-14-15-16/h5-8H,1-4H3. The average Bonchev–Trinajstić information content (AvgIpc) is 2.69. The fourth-order valence-electron chi connectivity index (χ4n) is 1.96. The van der Waals surface area contributed by atoms with Crippen LogP contribution in [-0.2, 0) is 5.41 Å². The second-order valence-electron chi connectivity index (χ2n) is 4.95. The number of tetrazole rings is 1. The molecule has 4 heteroatoms. The van der Waals surface area contributed by atoms with Gasteiger partial charge in [-0.2, -0.15) is 0 Å². The van der Waals surface area contributed by atoms with E-state index in [1.807, 2.05) is 12.1 Å². The molecule has 0 N–H and O–H groups in total. The van der Waals surface area contributed by atoms with Gasteiger partial charge in [-0.25, -0.2) is 4.68 Å². The van der Waals surface area contributed by atoms with E-state index >= 15 is 0 Å². The van der Waals surface area contributed by atoms with Crippen LogP contribution in [0.3, 0.4) is 0 Å². The van der Waals surface area contributed by atoms with Gasteiger partial charge in [0, 0.05) is 0 Å². The molecular formula is C12H16N4. The Kier molecular flexibility index (Phi) is 2.50. The number of aromatic nitrogens is 4. The van der Waals surface area contributed by atoms with E-state index in [9.17, 15) is 0 Å². The van der Waals surface area contributed by atoms with Crippen LogP contribution in [0.1, 0.15) is 31.9 Å². The number of benzene rings is 1. The van der Waals surface area contributed by atoms with Gasteiger partial charge in [0.1, 0.15) is 6.33 Å². The lowest BCUT2D eigenvalue weighted by atomic mass is 9.83. The molecule has 0 unspecified atom stereocenters. The SMILES string of the molecule is Cc1c(-n2cnnn2)cccc1C(C)(C)C. The van der Waals surface area contributed by atoms with Gasteiger partial charge < -0.3 is 0 Å². The molecule has 0 aliphatic rings. The molecule has 1 aromatic carbocycles. The summed E-state index contributed by atoms with van der Waals surface area (Å²) in [6, 6.07) is 6.23. The third-order valence-electron chi connectivity index (χ3n) is 2.71. The zero-order valence-corrected chi connectivity index (χ0v) is 10.1. The van der Waals surface area contributed by atoms with Gasteiger partial charge in [-0.1, -0.05) is 32.9 Å². The Bertz CT molecular complexity index is 480. The van der Waals surface area contributed by atoms with E-state index in [2.05, 4.69) is 49.3 Å². The van der Waals surface area contributed by atoms with Crippen molar-refractivity contribution in [2.24, 2.45) is 0 Å². The molecule has 84 valence electrons. The fourth-order valence-corrected chi connectivity index (χ4v) is 1.96. The number of nitrogens with zero attached hydrogens (tertiary/aromatic N) is 4. The van der Waals surface area contributed by atoms with Crippen LogP contribution in [0.5, 0.6) is 0 Å². The molecule has 0 amide bonds. The molecule has 0 bridgehead atoms. The number of hydrogen-bond donors (Lipinski definition) is 0. The first-order valence-corrected chi connectivity index (χ1v) is 5.33. The summed E-state index contributed by atoms with van der Waals surface area (Å²) in [7, 11) is 0. The molecule has 0 atom stereocenters. The predicted molar refractivity (Wildman–Crippen MR) is 62.6 cm³/mol. The molecule has 1 heterocycles. The van der Waals surface area contributed by atoms with Gasteiger partial charge in [0.2, 0.25) is 0 Å². The highest BCUT2D eigenvalue weighted by atomic mass is 15.5. The van der Waals surface area contributed by atoms with Crippen molar-refractivity contribution in [3.8, 4) is 5.69 Å². The zero-order chi connectivity index (χ0) is 11.8. The Labute approximate surface area is 95.3 Å². The lowest BCUT2D eigenvalue weighted by molar-refractivity contribution is 0.584. The van der Waals surface area contributed by atoms with Crippen molar-refractivity contribution in [2.75, 3.05) is 0 Å². The van der Waals surface area contributed by atoms with Crippen molar-refractivity contribution in [1.82, 2.24) is 20.2 Å². The first-order chi connectivity index (χ1) is 7.50. The smallest absolute Gasteiger partial charge is 0.143 e. The third-order valence-corrected chi connectivity index (χ3v) is 2.71. The molecule has 1 aromatic heterocycles. The van der Waals surface area contributed by atoms with E-state index in [0.29, 0.717) is 0 Å². The Morgan fingerprint density at radius 3 is 2.50 bits per heavy atom. The topological polar surface area (TPSA) is 43.6 Å². The van der Waals surface area contributed by atoms with Crippen LogP contribution in [0.25, 0.3) is 5.69 Å². The minimum atomic E-state index is 0.133. The average molecular weight is 216 g/mol. The highest BCUT2D eigenvalue weighted by Gasteiger charge is 2.18. The van der Waals surface area contributed by atoms with Gasteiger partial charge in [-0.3, -0.25) is 0 Å². The normalized spacial score (nSPS) is 11.8. The number of rotatable bonds is 1. The molecule has 2 aromatic rings. The highest BCUT2D eigenvalue weighted by Crippen LogP contribution is 2.28. The van der Waals surface area contributed by atoms with E-state index < -0.39 is 0 Å². The molecule has 0 radical (unpaired) electrons.